The van der Waals surface area contributed by atoms with E-state index in [0.717, 1.165) is 28.3 Å². The van der Waals surface area contributed by atoms with Crippen molar-refractivity contribution in [3.63, 3.8) is 0 Å². The van der Waals surface area contributed by atoms with Crippen LogP contribution in [0, 0.1) is 6.92 Å². The molecule has 5 rings (SSSR count). The summed E-state index contributed by atoms with van der Waals surface area (Å²) in [5, 5.41) is 23.2. The molecule has 3 aromatic carbocycles. The number of phenols is 2. The first-order valence-corrected chi connectivity index (χ1v) is 13.8. The summed E-state index contributed by atoms with van der Waals surface area (Å²) in [5.41, 5.74) is 4.75. The zero-order valence-corrected chi connectivity index (χ0v) is 23.7. The van der Waals surface area contributed by atoms with Crippen LogP contribution in [0.25, 0.3) is 11.3 Å². The van der Waals surface area contributed by atoms with E-state index in [2.05, 4.69) is 15.3 Å². The van der Waals surface area contributed by atoms with Crippen LogP contribution in [-0.4, -0.2) is 63.3 Å². The lowest BCUT2D eigenvalue weighted by Crippen LogP contribution is -2.45. The molecule has 2 heterocycles. The molecule has 0 unspecified atom stereocenters. The number of anilines is 1. The number of nitrogens with one attached hydrogen (secondary N) is 1. The monoisotopic (exact) mass is 587 g/mol. The summed E-state index contributed by atoms with van der Waals surface area (Å²) < 4.78 is 5.30. The van der Waals surface area contributed by atoms with Crippen LogP contribution in [0.5, 0.6) is 11.5 Å². The third-order valence-corrected chi connectivity index (χ3v) is 7.14. The number of ether oxygens (including phenoxy) is 1. The lowest BCUT2D eigenvalue weighted by atomic mass is 10.1. The Kier molecular flexibility index (Phi) is 8.85. The molecule has 10 nitrogen and oxygen atoms in total. The molecule has 11 heteroatoms. The molecule has 4 aromatic rings. The number of halogens is 1. The number of nitrogens with zero attached hydrogens (tertiary/aromatic N) is 4. The smallest absolute Gasteiger partial charge is 0.317 e. The Morgan fingerprint density at radius 1 is 1.00 bits per heavy atom. The Balaban J connectivity index is 1.36. The molecule has 1 saturated heterocycles. The number of urea groups is 1. The molecule has 0 aliphatic carbocycles. The molecule has 0 atom stereocenters. The van der Waals surface area contributed by atoms with E-state index in [1.807, 2.05) is 43.3 Å². The van der Waals surface area contributed by atoms with Gasteiger partial charge in [0, 0.05) is 43.1 Å². The summed E-state index contributed by atoms with van der Waals surface area (Å²) >= 11 is 6.01. The van der Waals surface area contributed by atoms with Gasteiger partial charge in [0.25, 0.3) is 5.91 Å². The standard InChI is InChI=1S/C31H30ClN5O5/c1-20-17-33-30(32)35-28(20)23-6-8-24(9-7-23)37(29(40)26-11-10-25(38)16-27(26)39)19-22-4-2-21(3-5-22)18-34-31(41)36-12-14-42-15-13-36/h2-11,16-17,38-39H,12-15,18-19H2,1H3,(H,34,41). The Labute approximate surface area is 248 Å². The number of carbonyl (C=O) groups is 2. The lowest BCUT2D eigenvalue weighted by Gasteiger charge is -2.27. The van der Waals surface area contributed by atoms with Gasteiger partial charge in [0.15, 0.2) is 0 Å². The first-order valence-electron chi connectivity index (χ1n) is 13.4. The molecule has 1 fully saturated rings. The van der Waals surface area contributed by atoms with E-state index >= 15 is 0 Å². The maximum absolute atomic E-state index is 13.7. The molecule has 42 heavy (non-hydrogen) atoms. The van der Waals surface area contributed by atoms with Crippen molar-refractivity contribution in [3.05, 3.63) is 100 Å². The van der Waals surface area contributed by atoms with Gasteiger partial charge in [-0.15, -0.1) is 0 Å². The number of hydrogen-bond donors (Lipinski definition) is 3. The molecule has 3 amide bonds. The van der Waals surface area contributed by atoms with Gasteiger partial charge in [-0.05, 0) is 59.5 Å². The molecule has 1 aromatic heterocycles. The van der Waals surface area contributed by atoms with Crippen LogP contribution < -0.4 is 10.2 Å². The number of phenolic OH excluding ortho intramolecular Hbond substituents is 2. The van der Waals surface area contributed by atoms with Gasteiger partial charge in [0.05, 0.1) is 31.0 Å². The van der Waals surface area contributed by atoms with Gasteiger partial charge in [-0.3, -0.25) is 4.79 Å². The molecular weight excluding hydrogens is 558 g/mol. The number of benzene rings is 3. The Hall–Kier alpha value is -4.67. The minimum absolute atomic E-state index is 0.0535. The molecule has 3 N–H and O–H groups in total. The van der Waals surface area contributed by atoms with Crippen molar-refractivity contribution in [2.45, 2.75) is 20.0 Å². The molecule has 0 spiro atoms. The molecule has 216 valence electrons. The number of morpholine rings is 1. The summed E-state index contributed by atoms with van der Waals surface area (Å²) in [7, 11) is 0. The van der Waals surface area contributed by atoms with E-state index in [1.54, 1.807) is 28.1 Å². The molecule has 0 bridgehead atoms. The average molecular weight is 588 g/mol. The quantitative estimate of drug-likeness (QED) is 0.262. The van der Waals surface area contributed by atoms with Gasteiger partial charge < -0.3 is 30.1 Å². The number of aryl methyl sites for hydroxylation is 1. The summed E-state index contributed by atoms with van der Waals surface area (Å²) in [6, 6.07) is 18.6. The number of hydrogen-bond acceptors (Lipinski definition) is 7. The number of aromatic nitrogens is 2. The second-order valence-corrected chi connectivity index (χ2v) is 10.2. The summed E-state index contributed by atoms with van der Waals surface area (Å²) in [6.07, 6.45) is 1.65. The third kappa shape index (κ3) is 6.79. The Morgan fingerprint density at radius 2 is 1.69 bits per heavy atom. The summed E-state index contributed by atoms with van der Waals surface area (Å²) in [6.45, 7) is 4.68. The van der Waals surface area contributed by atoms with Crippen molar-refractivity contribution >= 4 is 29.2 Å². The van der Waals surface area contributed by atoms with Crippen LogP contribution >= 0.6 is 11.6 Å². The van der Waals surface area contributed by atoms with Crippen LogP contribution in [0.15, 0.2) is 72.9 Å². The van der Waals surface area contributed by atoms with Gasteiger partial charge in [0.2, 0.25) is 5.28 Å². The number of carbonyl (C=O) groups excluding carboxylic acids is 2. The van der Waals surface area contributed by atoms with Crippen LogP contribution in [0.1, 0.15) is 27.0 Å². The topological polar surface area (TPSA) is 128 Å². The predicted molar refractivity (Wildman–Crippen MR) is 159 cm³/mol. The lowest BCUT2D eigenvalue weighted by molar-refractivity contribution is 0.0531. The normalized spacial score (nSPS) is 13.0. The Bertz CT molecular complexity index is 1570. The van der Waals surface area contributed by atoms with E-state index in [1.165, 1.54) is 12.1 Å². The Morgan fingerprint density at radius 3 is 2.38 bits per heavy atom. The summed E-state index contributed by atoms with van der Waals surface area (Å²) in [4.78, 5) is 37.7. The van der Waals surface area contributed by atoms with Crippen molar-refractivity contribution in [2.24, 2.45) is 0 Å². The average Bonchev–Trinajstić information content (AvgIpc) is 3.01. The van der Waals surface area contributed by atoms with Crippen LogP contribution in [0.2, 0.25) is 5.28 Å². The van der Waals surface area contributed by atoms with Crippen molar-refractivity contribution in [1.29, 1.82) is 0 Å². The first kappa shape index (κ1) is 28.8. The number of amides is 3. The van der Waals surface area contributed by atoms with Crippen molar-refractivity contribution in [1.82, 2.24) is 20.2 Å². The fraction of sp³-hybridized carbons (Fsp3) is 0.226. The SMILES string of the molecule is Cc1cnc(Cl)nc1-c1ccc(N(Cc2ccc(CNC(=O)N3CCOCC3)cc2)C(=O)c2ccc(O)cc2O)cc1. The highest BCUT2D eigenvalue weighted by atomic mass is 35.5. The van der Waals surface area contributed by atoms with Gasteiger partial charge in [-0.1, -0.05) is 36.4 Å². The highest BCUT2D eigenvalue weighted by molar-refractivity contribution is 6.28. The van der Waals surface area contributed by atoms with E-state index in [9.17, 15) is 19.8 Å². The molecular formula is C31H30ClN5O5. The minimum atomic E-state index is -0.441. The molecule has 0 radical (unpaired) electrons. The summed E-state index contributed by atoms with van der Waals surface area (Å²) in [5.74, 6) is -0.905. The predicted octanol–water partition coefficient (Wildman–Crippen LogP) is 4.91. The second-order valence-electron chi connectivity index (χ2n) is 9.88. The highest BCUT2D eigenvalue weighted by Gasteiger charge is 2.22. The highest BCUT2D eigenvalue weighted by Crippen LogP contribution is 2.30. The van der Waals surface area contributed by atoms with Crippen LogP contribution in [0.4, 0.5) is 10.5 Å². The van der Waals surface area contributed by atoms with E-state index < -0.39 is 5.91 Å². The number of aromatic hydroxyl groups is 2. The fourth-order valence-electron chi connectivity index (χ4n) is 4.64. The minimum Gasteiger partial charge on any atom is -0.508 e. The zero-order valence-electron chi connectivity index (χ0n) is 23.0. The van der Waals surface area contributed by atoms with Gasteiger partial charge in [0.1, 0.15) is 11.5 Å². The van der Waals surface area contributed by atoms with Crippen molar-refractivity contribution in [2.75, 3.05) is 31.2 Å². The first-order chi connectivity index (χ1) is 20.3. The van der Waals surface area contributed by atoms with E-state index in [4.69, 9.17) is 16.3 Å². The maximum Gasteiger partial charge on any atom is 0.317 e. The molecule has 1 aliphatic rings. The third-order valence-electron chi connectivity index (χ3n) is 6.96. The van der Waals surface area contributed by atoms with E-state index in [0.29, 0.717) is 44.2 Å². The largest absolute Gasteiger partial charge is 0.508 e. The van der Waals surface area contributed by atoms with Gasteiger partial charge in [-0.25, -0.2) is 14.8 Å². The zero-order chi connectivity index (χ0) is 29.6. The van der Waals surface area contributed by atoms with E-state index in [-0.39, 0.29) is 34.9 Å². The molecule has 0 saturated carbocycles. The maximum atomic E-state index is 13.7. The number of rotatable bonds is 7. The van der Waals surface area contributed by atoms with Crippen LogP contribution in [-0.2, 0) is 17.8 Å². The second kappa shape index (κ2) is 12.9. The fourth-order valence-corrected chi connectivity index (χ4v) is 4.77. The van der Waals surface area contributed by atoms with Crippen molar-refractivity contribution in [3.8, 4) is 22.8 Å². The van der Waals surface area contributed by atoms with Crippen molar-refractivity contribution < 1.29 is 24.5 Å². The molecule has 1 aliphatic heterocycles. The van der Waals surface area contributed by atoms with Gasteiger partial charge in [-0.2, -0.15) is 0 Å². The van der Waals surface area contributed by atoms with Crippen LogP contribution in [0.3, 0.4) is 0 Å². The van der Waals surface area contributed by atoms with Gasteiger partial charge >= 0.3 is 6.03 Å².